The van der Waals surface area contributed by atoms with Gasteiger partial charge in [0.25, 0.3) is 5.91 Å². The number of carbonyl (C=O) groups excluding carboxylic acids is 1. The first-order valence-corrected chi connectivity index (χ1v) is 7.69. The van der Waals surface area contributed by atoms with E-state index in [1.54, 1.807) is 16.7 Å². The number of anilines is 1. The fourth-order valence-corrected chi connectivity index (χ4v) is 2.21. The van der Waals surface area contributed by atoms with Crippen LogP contribution in [0.2, 0.25) is 0 Å². The summed E-state index contributed by atoms with van der Waals surface area (Å²) in [6, 6.07) is 8.82. The van der Waals surface area contributed by atoms with E-state index in [9.17, 15) is 18.0 Å². The van der Waals surface area contributed by atoms with E-state index in [4.69, 9.17) is 0 Å². The number of halogens is 3. The lowest BCUT2D eigenvalue weighted by Crippen LogP contribution is -2.30. The van der Waals surface area contributed by atoms with Crippen molar-refractivity contribution in [2.24, 2.45) is 0 Å². The van der Waals surface area contributed by atoms with Gasteiger partial charge in [0, 0.05) is 25.5 Å². The summed E-state index contributed by atoms with van der Waals surface area (Å²) in [5.74, 6) is -4.22. The number of nitrogens with one attached hydrogen (secondary N) is 2. The molecular formula is C17H14F3N5O. The molecule has 0 spiro atoms. The second-order valence-corrected chi connectivity index (χ2v) is 5.27. The lowest BCUT2D eigenvalue weighted by Gasteiger charge is -2.08. The smallest absolute Gasteiger partial charge is 0.254 e. The Morgan fingerprint density at radius 1 is 0.962 bits per heavy atom. The van der Waals surface area contributed by atoms with Gasteiger partial charge in [-0.25, -0.2) is 13.2 Å². The molecular weight excluding hydrogens is 347 g/mol. The van der Waals surface area contributed by atoms with Crippen molar-refractivity contribution < 1.29 is 18.0 Å². The number of nitrogens with zero attached hydrogens (tertiary/aromatic N) is 3. The van der Waals surface area contributed by atoms with Crippen LogP contribution < -0.4 is 10.6 Å². The fraction of sp³-hybridized carbons (Fsp3) is 0.118. The van der Waals surface area contributed by atoms with Crippen molar-refractivity contribution in [3.63, 3.8) is 0 Å². The van der Waals surface area contributed by atoms with Crippen LogP contribution in [-0.4, -0.2) is 33.8 Å². The molecule has 2 aromatic heterocycles. The van der Waals surface area contributed by atoms with Gasteiger partial charge in [-0.15, -0.1) is 10.2 Å². The molecule has 2 heterocycles. The van der Waals surface area contributed by atoms with Gasteiger partial charge in [-0.05, 0) is 36.4 Å². The van der Waals surface area contributed by atoms with Crippen molar-refractivity contribution in [1.82, 2.24) is 20.1 Å². The number of benzene rings is 1. The normalized spacial score (nSPS) is 10.6. The van der Waals surface area contributed by atoms with Gasteiger partial charge in [-0.2, -0.15) is 0 Å². The third kappa shape index (κ3) is 3.82. The standard InChI is InChI=1S/C17H14F3N5O/c18-12-4-3-11(15(19)16(12)20)17(26)22-8-7-21-13-5-6-14(24-23-13)25-9-1-2-10-25/h1-6,9-10H,7-8H2,(H,21,23)(H,22,26). The lowest BCUT2D eigenvalue weighted by molar-refractivity contribution is 0.0950. The molecule has 1 aromatic carbocycles. The Bertz CT molecular complexity index is 898. The maximum Gasteiger partial charge on any atom is 0.254 e. The van der Waals surface area contributed by atoms with E-state index in [1.165, 1.54) is 0 Å². The van der Waals surface area contributed by atoms with E-state index in [-0.39, 0.29) is 13.1 Å². The summed E-state index contributed by atoms with van der Waals surface area (Å²) in [6.07, 6.45) is 3.67. The third-order valence-electron chi connectivity index (χ3n) is 3.52. The highest BCUT2D eigenvalue weighted by Gasteiger charge is 2.18. The van der Waals surface area contributed by atoms with Gasteiger partial charge in [0.05, 0.1) is 5.56 Å². The molecule has 6 nitrogen and oxygen atoms in total. The summed E-state index contributed by atoms with van der Waals surface area (Å²) in [7, 11) is 0. The largest absolute Gasteiger partial charge is 0.367 e. The molecule has 0 bridgehead atoms. The quantitative estimate of drug-likeness (QED) is 0.523. The summed E-state index contributed by atoms with van der Waals surface area (Å²) in [5, 5.41) is 13.4. The van der Waals surface area contributed by atoms with Crippen LogP contribution in [0.15, 0.2) is 48.8 Å². The first-order chi connectivity index (χ1) is 12.6. The summed E-state index contributed by atoms with van der Waals surface area (Å²) >= 11 is 0. The minimum Gasteiger partial charge on any atom is -0.367 e. The van der Waals surface area contributed by atoms with Crippen LogP contribution in [0.4, 0.5) is 19.0 Å². The Hall–Kier alpha value is -3.36. The third-order valence-corrected chi connectivity index (χ3v) is 3.52. The Labute approximate surface area is 146 Å². The van der Waals surface area contributed by atoms with E-state index < -0.39 is 28.9 Å². The highest BCUT2D eigenvalue weighted by atomic mass is 19.2. The van der Waals surface area contributed by atoms with Gasteiger partial charge in [-0.3, -0.25) is 4.79 Å². The van der Waals surface area contributed by atoms with Crippen LogP contribution in [0.3, 0.4) is 0 Å². The van der Waals surface area contributed by atoms with Crippen molar-refractivity contribution >= 4 is 11.7 Å². The number of aromatic nitrogens is 3. The molecule has 0 aliphatic rings. The van der Waals surface area contributed by atoms with Crippen molar-refractivity contribution in [1.29, 1.82) is 0 Å². The molecule has 0 saturated carbocycles. The van der Waals surface area contributed by atoms with Crippen LogP contribution in [-0.2, 0) is 0 Å². The van der Waals surface area contributed by atoms with Crippen molar-refractivity contribution in [3.8, 4) is 5.82 Å². The molecule has 2 N–H and O–H groups in total. The first kappa shape index (κ1) is 17.5. The number of carbonyl (C=O) groups is 1. The van der Waals surface area contributed by atoms with Crippen LogP contribution in [0.25, 0.3) is 5.82 Å². The summed E-state index contributed by atoms with van der Waals surface area (Å²) in [4.78, 5) is 11.8. The molecule has 0 aliphatic carbocycles. The molecule has 3 aromatic rings. The van der Waals surface area contributed by atoms with Crippen LogP contribution >= 0.6 is 0 Å². The highest BCUT2D eigenvalue weighted by molar-refractivity contribution is 5.94. The van der Waals surface area contributed by atoms with Gasteiger partial charge in [0.2, 0.25) is 0 Å². The van der Waals surface area contributed by atoms with Crippen molar-refractivity contribution in [2.75, 3.05) is 18.4 Å². The number of hydrogen-bond donors (Lipinski definition) is 2. The predicted molar refractivity (Wildman–Crippen MR) is 88.5 cm³/mol. The zero-order chi connectivity index (χ0) is 18.5. The van der Waals surface area contributed by atoms with Crippen molar-refractivity contribution in [3.05, 3.63) is 71.8 Å². The molecule has 3 rings (SSSR count). The zero-order valence-corrected chi connectivity index (χ0v) is 13.4. The van der Waals surface area contributed by atoms with Crippen LogP contribution in [0, 0.1) is 17.5 Å². The average Bonchev–Trinajstić information content (AvgIpc) is 3.18. The topological polar surface area (TPSA) is 71.8 Å². The van der Waals surface area contributed by atoms with Crippen LogP contribution in [0.1, 0.15) is 10.4 Å². The number of rotatable bonds is 6. The fourth-order valence-electron chi connectivity index (χ4n) is 2.21. The molecule has 0 unspecified atom stereocenters. The Morgan fingerprint density at radius 2 is 1.73 bits per heavy atom. The zero-order valence-electron chi connectivity index (χ0n) is 13.4. The van der Waals surface area contributed by atoms with Gasteiger partial charge in [0.15, 0.2) is 23.3 Å². The second-order valence-electron chi connectivity index (χ2n) is 5.27. The summed E-state index contributed by atoms with van der Waals surface area (Å²) in [5.41, 5.74) is -0.556. The SMILES string of the molecule is O=C(NCCNc1ccc(-n2cccc2)nn1)c1ccc(F)c(F)c1F. The van der Waals surface area contributed by atoms with E-state index in [2.05, 4.69) is 20.8 Å². The molecule has 9 heteroatoms. The number of hydrogen-bond acceptors (Lipinski definition) is 4. The lowest BCUT2D eigenvalue weighted by atomic mass is 10.2. The maximum atomic E-state index is 13.5. The highest BCUT2D eigenvalue weighted by Crippen LogP contribution is 2.15. The van der Waals surface area contributed by atoms with Crippen molar-refractivity contribution in [2.45, 2.75) is 0 Å². The Balaban J connectivity index is 1.50. The van der Waals surface area contributed by atoms with E-state index in [1.807, 2.05) is 24.5 Å². The molecule has 1 amide bonds. The maximum absolute atomic E-state index is 13.5. The molecule has 26 heavy (non-hydrogen) atoms. The molecule has 0 radical (unpaired) electrons. The van der Waals surface area contributed by atoms with Gasteiger partial charge < -0.3 is 15.2 Å². The summed E-state index contributed by atoms with van der Waals surface area (Å²) < 4.78 is 41.3. The second kappa shape index (κ2) is 7.68. The molecule has 0 aliphatic heterocycles. The van der Waals surface area contributed by atoms with E-state index in [0.717, 1.165) is 6.07 Å². The van der Waals surface area contributed by atoms with Gasteiger partial charge in [0.1, 0.15) is 5.82 Å². The Morgan fingerprint density at radius 3 is 2.42 bits per heavy atom. The Kier molecular flexibility index (Phi) is 5.16. The minimum absolute atomic E-state index is 0.123. The van der Waals surface area contributed by atoms with Gasteiger partial charge in [-0.1, -0.05) is 0 Å². The molecule has 0 saturated heterocycles. The van der Waals surface area contributed by atoms with E-state index in [0.29, 0.717) is 17.7 Å². The molecule has 0 fully saturated rings. The van der Waals surface area contributed by atoms with E-state index >= 15 is 0 Å². The molecule has 0 atom stereocenters. The summed E-state index contributed by atoms with van der Waals surface area (Å²) in [6.45, 7) is 0.410. The monoisotopic (exact) mass is 361 g/mol. The average molecular weight is 361 g/mol. The van der Waals surface area contributed by atoms with Crippen LogP contribution in [0.5, 0.6) is 0 Å². The van der Waals surface area contributed by atoms with Gasteiger partial charge >= 0.3 is 0 Å². The predicted octanol–water partition coefficient (Wildman–Crippen LogP) is 2.53. The first-order valence-electron chi connectivity index (χ1n) is 7.69. The minimum atomic E-state index is -1.67. The molecule has 134 valence electrons. The number of amides is 1.